The molecular weight excluding hydrogens is 360 g/mol. The van der Waals surface area contributed by atoms with Crippen molar-refractivity contribution < 1.29 is 14.3 Å². The molecule has 3 rings (SSSR count). The molecule has 0 aromatic carbocycles. The fourth-order valence-corrected chi connectivity index (χ4v) is 3.03. The van der Waals surface area contributed by atoms with Gasteiger partial charge in [-0.25, -0.2) is 4.98 Å². The molecule has 2 N–H and O–H groups in total. The molecule has 0 radical (unpaired) electrons. The third kappa shape index (κ3) is 4.76. The van der Waals surface area contributed by atoms with Crippen LogP contribution < -0.4 is 15.6 Å². The van der Waals surface area contributed by atoms with Crippen LogP contribution in [-0.2, 0) is 4.79 Å². The normalized spacial score (nSPS) is 14.6. The number of aryl methyl sites for hydroxylation is 1. The number of piperidine rings is 1. The number of H-pyrrole nitrogens is 1. The summed E-state index contributed by atoms with van der Waals surface area (Å²) < 4.78 is 5.89. The lowest BCUT2D eigenvalue weighted by Crippen LogP contribution is -2.43. The van der Waals surface area contributed by atoms with E-state index in [1.807, 2.05) is 0 Å². The van der Waals surface area contributed by atoms with E-state index < -0.39 is 0 Å². The van der Waals surface area contributed by atoms with Crippen molar-refractivity contribution in [3.05, 3.63) is 52.1 Å². The summed E-state index contributed by atoms with van der Waals surface area (Å²) >= 11 is 0. The zero-order chi connectivity index (χ0) is 20.1. The molecule has 1 aliphatic rings. The Balaban J connectivity index is 1.53. The molecule has 1 fully saturated rings. The van der Waals surface area contributed by atoms with Gasteiger partial charge < -0.3 is 19.9 Å². The molecule has 0 unspecified atom stereocenters. The summed E-state index contributed by atoms with van der Waals surface area (Å²) in [5, 5.41) is 2.74. The van der Waals surface area contributed by atoms with Gasteiger partial charge >= 0.3 is 0 Å². The van der Waals surface area contributed by atoms with E-state index in [0.717, 1.165) is 5.69 Å². The average Bonchev–Trinajstić information content (AvgIpc) is 2.69. The summed E-state index contributed by atoms with van der Waals surface area (Å²) in [4.78, 5) is 44.5. The van der Waals surface area contributed by atoms with Gasteiger partial charge in [-0.05, 0) is 25.1 Å². The Hall–Kier alpha value is -3.16. The van der Waals surface area contributed by atoms with Gasteiger partial charge in [0.05, 0.1) is 11.9 Å². The van der Waals surface area contributed by atoms with Crippen molar-refractivity contribution in [1.29, 1.82) is 0 Å². The van der Waals surface area contributed by atoms with E-state index in [-0.39, 0.29) is 29.0 Å². The summed E-state index contributed by atoms with van der Waals surface area (Å²) in [5.41, 5.74) is 1.16. The minimum absolute atomic E-state index is 0.0519. The van der Waals surface area contributed by atoms with Gasteiger partial charge in [0, 0.05) is 44.1 Å². The molecule has 8 heteroatoms. The number of nitrogens with one attached hydrogen (secondary N) is 2. The van der Waals surface area contributed by atoms with Crippen molar-refractivity contribution in [2.45, 2.75) is 39.2 Å². The molecule has 3 heterocycles. The summed E-state index contributed by atoms with van der Waals surface area (Å²) in [6.45, 7) is 4.59. The maximum Gasteiger partial charge on any atom is 0.260 e. The number of hydrogen-bond donors (Lipinski definition) is 2. The first kappa shape index (κ1) is 19.6. The van der Waals surface area contributed by atoms with E-state index in [0.29, 0.717) is 43.9 Å². The molecule has 0 spiro atoms. The Morgan fingerprint density at radius 2 is 2.00 bits per heavy atom. The van der Waals surface area contributed by atoms with Crippen LogP contribution in [0.4, 0.5) is 5.69 Å². The van der Waals surface area contributed by atoms with Crippen LogP contribution in [0.25, 0.3) is 0 Å². The predicted molar refractivity (Wildman–Crippen MR) is 105 cm³/mol. The van der Waals surface area contributed by atoms with E-state index in [1.165, 1.54) is 0 Å². The minimum atomic E-state index is -0.358. The van der Waals surface area contributed by atoms with Crippen molar-refractivity contribution in [3.8, 4) is 5.88 Å². The van der Waals surface area contributed by atoms with E-state index in [2.05, 4.69) is 15.3 Å². The molecule has 2 aromatic rings. The van der Waals surface area contributed by atoms with Crippen molar-refractivity contribution in [1.82, 2.24) is 14.9 Å². The van der Waals surface area contributed by atoms with Crippen LogP contribution in [0.2, 0.25) is 0 Å². The second-order valence-corrected chi connectivity index (χ2v) is 6.78. The van der Waals surface area contributed by atoms with Crippen LogP contribution >= 0.6 is 0 Å². The number of aromatic amines is 1. The number of likely N-dealkylation sites (tertiary alicyclic amines) is 1. The largest absolute Gasteiger partial charge is 0.474 e. The van der Waals surface area contributed by atoms with Crippen LogP contribution in [0.15, 0.2) is 35.3 Å². The lowest BCUT2D eigenvalue weighted by Gasteiger charge is -2.31. The molecule has 0 saturated carbocycles. The number of hydrogen-bond acceptors (Lipinski definition) is 5. The Bertz CT molecular complexity index is 899. The number of carbonyl (C=O) groups excluding carboxylic acids is 2. The molecule has 148 valence electrons. The third-order valence-corrected chi connectivity index (χ3v) is 4.64. The third-order valence-electron chi connectivity index (χ3n) is 4.64. The number of aromatic nitrogens is 2. The number of pyridine rings is 2. The molecule has 0 bridgehead atoms. The van der Waals surface area contributed by atoms with Crippen molar-refractivity contribution >= 4 is 17.5 Å². The summed E-state index contributed by atoms with van der Waals surface area (Å²) in [6.07, 6.45) is 3.23. The molecule has 0 atom stereocenters. The van der Waals surface area contributed by atoms with Gasteiger partial charge in [0.1, 0.15) is 11.7 Å². The van der Waals surface area contributed by atoms with Gasteiger partial charge in [-0.2, -0.15) is 0 Å². The fourth-order valence-electron chi connectivity index (χ4n) is 3.03. The topological polar surface area (TPSA) is 104 Å². The molecule has 1 saturated heterocycles. The first-order chi connectivity index (χ1) is 13.5. The van der Waals surface area contributed by atoms with Crippen LogP contribution in [0.1, 0.15) is 42.2 Å². The van der Waals surface area contributed by atoms with Crippen molar-refractivity contribution in [2.24, 2.45) is 0 Å². The number of anilines is 1. The number of ether oxygens (including phenoxy) is 1. The Morgan fingerprint density at radius 3 is 2.61 bits per heavy atom. The van der Waals surface area contributed by atoms with E-state index >= 15 is 0 Å². The van der Waals surface area contributed by atoms with Gasteiger partial charge in [-0.1, -0.05) is 6.92 Å². The lowest BCUT2D eigenvalue weighted by molar-refractivity contribution is -0.115. The number of rotatable bonds is 5. The van der Waals surface area contributed by atoms with Gasteiger partial charge in [0.25, 0.3) is 11.5 Å². The van der Waals surface area contributed by atoms with Gasteiger partial charge in [0.2, 0.25) is 11.8 Å². The Labute approximate surface area is 162 Å². The van der Waals surface area contributed by atoms with E-state index in [9.17, 15) is 14.4 Å². The van der Waals surface area contributed by atoms with Gasteiger partial charge in [-0.3, -0.25) is 14.4 Å². The minimum Gasteiger partial charge on any atom is -0.474 e. The fraction of sp³-hybridized carbons (Fsp3) is 0.400. The molecule has 1 aliphatic heterocycles. The zero-order valence-electron chi connectivity index (χ0n) is 16.0. The highest BCUT2D eigenvalue weighted by molar-refractivity contribution is 5.94. The second kappa shape index (κ2) is 8.69. The highest BCUT2D eigenvalue weighted by Crippen LogP contribution is 2.19. The van der Waals surface area contributed by atoms with Crippen LogP contribution in [0, 0.1) is 6.92 Å². The number of nitrogens with zero attached hydrogens (tertiary/aromatic N) is 2. The summed E-state index contributed by atoms with van der Waals surface area (Å²) in [6, 6.07) is 6.76. The maximum absolute atomic E-state index is 12.6. The first-order valence-corrected chi connectivity index (χ1v) is 9.38. The number of carbonyl (C=O) groups is 2. The monoisotopic (exact) mass is 384 g/mol. The van der Waals surface area contributed by atoms with E-state index in [1.54, 1.807) is 49.2 Å². The van der Waals surface area contributed by atoms with Crippen molar-refractivity contribution in [2.75, 3.05) is 18.4 Å². The first-order valence-electron chi connectivity index (χ1n) is 9.38. The van der Waals surface area contributed by atoms with Crippen molar-refractivity contribution in [3.63, 3.8) is 0 Å². The molecule has 0 aliphatic carbocycles. The van der Waals surface area contributed by atoms with Gasteiger partial charge in [-0.15, -0.1) is 0 Å². The van der Waals surface area contributed by atoms with Crippen LogP contribution in [0.3, 0.4) is 0 Å². The molecule has 8 nitrogen and oxygen atoms in total. The molecular formula is C20H24N4O4. The van der Waals surface area contributed by atoms with Crippen LogP contribution in [0.5, 0.6) is 5.88 Å². The molecule has 28 heavy (non-hydrogen) atoms. The molecule has 2 aromatic heterocycles. The lowest BCUT2D eigenvalue weighted by atomic mass is 10.1. The highest BCUT2D eigenvalue weighted by Gasteiger charge is 2.26. The molecule has 2 amide bonds. The Kier molecular flexibility index (Phi) is 6.08. The highest BCUT2D eigenvalue weighted by atomic mass is 16.5. The standard InChI is InChI=1S/C20H24N4O4/c1-3-17(25)23-14-5-7-18(21-12-14)28-15-8-10-24(11-9-15)20(27)16-6-4-13(2)22-19(16)26/h4-7,12,15H,3,8-11H2,1-2H3,(H,22,26)(H,23,25). The predicted octanol–water partition coefficient (Wildman–Crippen LogP) is 2.11. The second-order valence-electron chi connectivity index (χ2n) is 6.78. The SMILES string of the molecule is CCC(=O)Nc1ccc(OC2CCN(C(=O)c3ccc(C)[nH]c3=O)CC2)nc1. The quantitative estimate of drug-likeness (QED) is 0.822. The summed E-state index contributed by atoms with van der Waals surface area (Å²) in [7, 11) is 0. The van der Waals surface area contributed by atoms with Gasteiger partial charge in [0.15, 0.2) is 0 Å². The average molecular weight is 384 g/mol. The smallest absolute Gasteiger partial charge is 0.260 e. The Morgan fingerprint density at radius 1 is 1.25 bits per heavy atom. The summed E-state index contributed by atoms with van der Waals surface area (Å²) in [5.74, 6) is 0.156. The van der Waals surface area contributed by atoms with Crippen LogP contribution in [-0.4, -0.2) is 45.9 Å². The number of amides is 2. The zero-order valence-corrected chi connectivity index (χ0v) is 16.0. The maximum atomic E-state index is 12.6. The van der Waals surface area contributed by atoms with E-state index in [4.69, 9.17) is 4.74 Å².